The molecule has 0 aliphatic rings. The summed E-state index contributed by atoms with van der Waals surface area (Å²) >= 11 is 6.98. The van der Waals surface area contributed by atoms with Gasteiger partial charge >= 0.3 is 0 Å². The van der Waals surface area contributed by atoms with Crippen molar-refractivity contribution in [1.82, 2.24) is 15.2 Å². The second-order valence-electron chi connectivity index (χ2n) is 3.23. The van der Waals surface area contributed by atoms with Crippen molar-refractivity contribution in [3.8, 4) is 11.4 Å². The highest BCUT2D eigenvalue weighted by Crippen LogP contribution is 2.20. The summed E-state index contributed by atoms with van der Waals surface area (Å²) in [7, 11) is 0. The van der Waals surface area contributed by atoms with E-state index in [0.29, 0.717) is 16.0 Å². The summed E-state index contributed by atoms with van der Waals surface area (Å²) in [5, 5.41) is 7.92. The molecule has 1 heterocycles. The fraction of sp³-hybridized carbons (Fsp3) is 0.100. The molecule has 1 aromatic carbocycles. The predicted molar refractivity (Wildman–Crippen MR) is 66.7 cm³/mol. The van der Waals surface area contributed by atoms with Crippen molar-refractivity contribution in [2.24, 2.45) is 5.73 Å². The Balaban J connectivity index is 2.12. The van der Waals surface area contributed by atoms with E-state index in [4.69, 9.17) is 17.3 Å². The van der Waals surface area contributed by atoms with Gasteiger partial charge in [-0.25, -0.2) is 4.98 Å². The fourth-order valence-electron chi connectivity index (χ4n) is 1.18. The Bertz CT molecular complexity index is 525. The number of nitrogens with one attached hydrogen (secondary N) is 1. The lowest BCUT2D eigenvalue weighted by Gasteiger charge is -1.95. The number of amides is 1. The second kappa shape index (κ2) is 5.20. The Morgan fingerprint density at radius 3 is 2.76 bits per heavy atom. The molecule has 17 heavy (non-hydrogen) atoms. The summed E-state index contributed by atoms with van der Waals surface area (Å²) in [5.74, 6) is 0.402. The largest absolute Gasteiger partial charge is 0.369 e. The van der Waals surface area contributed by atoms with Gasteiger partial charge in [-0.15, -0.1) is 5.10 Å². The van der Waals surface area contributed by atoms with E-state index < -0.39 is 5.91 Å². The van der Waals surface area contributed by atoms with Crippen molar-refractivity contribution >= 4 is 29.3 Å². The van der Waals surface area contributed by atoms with Gasteiger partial charge in [0.15, 0.2) is 5.82 Å². The molecule has 0 saturated carbocycles. The summed E-state index contributed by atoms with van der Waals surface area (Å²) in [6.45, 7) is 0. The fourth-order valence-corrected chi connectivity index (χ4v) is 1.85. The zero-order chi connectivity index (χ0) is 12.3. The second-order valence-corrected chi connectivity index (χ2v) is 4.61. The quantitative estimate of drug-likeness (QED) is 0.827. The van der Waals surface area contributed by atoms with Crippen LogP contribution in [0.2, 0.25) is 5.02 Å². The molecule has 7 heteroatoms. The minimum absolute atomic E-state index is 0.165. The van der Waals surface area contributed by atoms with Gasteiger partial charge in [-0.2, -0.15) is 0 Å². The third kappa shape index (κ3) is 3.21. The number of carbonyl (C=O) groups excluding carboxylic acids is 1. The van der Waals surface area contributed by atoms with Crippen molar-refractivity contribution in [3.63, 3.8) is 0 Å². The average molecular weight is 269 g/mol. The molecule has 0 fully saturated rings. The summed E-state index contributed by atoms with van der Waals surface area (Å²) in [5.41, 5.74) is 5.92. The first kappa shape index (κ1) is 11.9. The van der Waals surface area contributed by atoms with E-state index in [9.17, 15) is 4.79 Å². The number of carbonyl (C=O) groups is 1. The number of benzene rings is 1. The lowest BCUT2D eigenvalue weighted by molar-refractivity contribution is -0.115. The third-order valence-electron chi connectivity index (χ3n) is 1.93. The first-order valence-corrected chi connectivity index (χ1v) is 6.11. The number of halogens is 1. The van der Waals surface area contributed by atoms with Crippen LogP contribution < -0.4 is 5.73 Å². The first-order valence-electron chi connectivity index (χ1n) is 4.74. The molecule has 3 N–H and O–H groups in total. The zero-order valence-electron chi connectivity index (χ0n) is 8.68. The van der Waals surface area contributed by atoms with E-state index in [1.165, 1.54) is 11.8 Å². The van der Waals surface area contributed by atoms with Crippen molar-refractivity contribution in [1.29, 1.82) is 0 Å². The Morgan fingerprint density at radius 2 is 2.12 bits per heavy atom. The van der Waals surface area contributed by atoms with Gasteiger partial charge in [0.25, 0.3) is 0 Å². The van der Waals surface area contributed by atoms with Gasteiger partial charge in [0.2, 0.25) is 11.1 Å². The van der Waals surface area contributed by atoms with Crippen LogP contribution in [0.15, 0.2) is 29.4 Å². The van der Waals surface area contributed by atoms with Crippen LogP contribution in [0.4, 0.5) is 0 Å². The van der Waals surface area contributed by atoms with Crippen LogP contribution in [-0.2, 0) is 4.79 Å². The molecule has 0 radical (unpaired) electrons. The smallest absolute Gasteiger partial charge is 0.227 e. The SMILES string of the molecule is NC(=O)CSc1n[nH]c(-c2ccc(Cl)cc2)n1. The summed E-state index contributed by atoms with van der Waals surface area (Å²) < 4.78 is 0. The van der Waals surface area contributed by atoms with Crippen LogP contribution in [-0.4, -0.2) is 26.8 Å². The van der Waals surface area contributed by atoms with Gasteiger partial charge < -0.3 is 5.73 Å². The molecule has 0 aliphatic carbocycles. The number of H-pyrrole nitrogens is 1. The minimum Gasteiger partial charge on any atom is -0.369 e. The van der Waals surface area contributed by atoms with E-state index >= 15 is 0 Å². The average Bonchev–Trinajstić information content (AvgIpc) is 2.76. The zero-order valence-corrected chi connectivity index (χ0v) is 10.3. The van der Waals surface area contributed by atoms with Crippen LogP contribution in [0.1, 0.15) is 0 Å². The van der Waals surface area contributed by atoms with Gasteiger partial charge in [0.05, 0.1) is 5.75 Å². The highest BCUT2D eigenvalue weighted by Gasteiger charge is 2.07. The molecule has 88 valence electrons. The highest BCUT2D eigenvalue weighted by molar-refractivity contribution is 7.99. The summed E-state index contributed by atoms with van der Waals surface area (Å²) in [6, 6.07) is 7.22. The van der Waals surface area contributed by atoms with Gasteiger partial charge in [0.1, 0.15) is 0 Å². The molecule has 0 atom stereocenters. The Morgan fingerprint density at radius 1 is 1.41 bits per heavy atom. The summed E-state index contributed by atoms with van der Waals surface area (Å²) in [4.78, 5) is 14.8. The van der Waals surface area contributed by atoms with Gasteiger partial charge in [0, 0.05) is 10.6 Å². The Labute approximate surface area is 107 Å². The molecule has 0 unspecified atom stereocenters. The van der Waals surface area contributed by atoms with Crippen molar-refractivity contribution in [2.45, 2.75) is 5.16 Å². The maximum absolute atomic E-state index is 10.6. The van der Waals surface area contributed by atoms with E-state index in [-0.39, 0.29) is 5.75 Å². The normalized spacial score (nSPS) is 10.4. The molecule has 0 spiro atoms. The topological polar surface area (TPSA) is 84.7 Å². The van der Waals surface area contributed by atoms with E-state index in [0.717, 1.165) is 5.56 Å². The van der Waals surface area contributed by atoms with Gasteiger partial charge in [-0.05, 0) is 24.3 Å². The van der Waals surface area contributed by atoms with Crippen LogP contribution in [0.5, 0.6) is 0 Å². The molecule has 0 saturated heterocycles. The van der Waals surface area contributed by atoms with Crippen molar-refractivity contribution in [3.05, 3.63) is 29.3 Å². The van der Waals surface area contributed by atoms with E-state index in [2.05, 4.69) is 15.2 Å². The Kier molecular flexibility index (Phi) is 3.65. The van der Waals surface area contributed by atoms with Crippen LogP contribution >= 0.6 is 23.4 Å². The lowest BCUT2D eigenvalue weighted by atomic mass is 10.2. The number of primary amides is 1. The molecule has 1 aromatic heterocycles. The molecule has 0 aliphatic heterocycles. The number of aromatic nitrogens is 3. The maximum Gasteiger partial charge on any atom is 0.227 e. The molecule has 1 amide bonds. The highest BCUT2D eigenvalue weighted by atomic mass is 35.5. The summed E-state index contributed by atoms with van der Waals surface area (Å²) in [6.07, 6.45) is 0. The number of hydrogen-bond acceptors (Lipinski definition) is 4. The molecule has 2 aromatic rings. The molecular weight excluding hydrogens is 260 g/mol. The Hall–Kier alpha value is -1.53. The van der Waals surface area contributed by atoms with E-state index in [1.54, 1.807) is 12.1 Å². The van der Waals surface area contributed by atoms with Crippen LogP contribution in [0.3, 0.4) is 0 Å². The standard InChI is InChI=1S/C10H9ClN4OS/c11-7-3-1-6(2-4-7)9-13-10(15-14-9)17-5-8(12)16/h1-4H,5H2,(H2,12,16)(H,13,14,15). The number of hydrogen-bond donors (Lipinski definition) is 2. The lowest BCUT2D eigenvalue weighted by Crippen LogP contribution is -2.13. The van der Waals surface area contributed by atoms with Crippen LogP contribution in [0.25, 0.3) is 11.4 Å². The number of thioether (sulfide) groups is 1. The molecule has 2 rings (SSSR count). The number of nitrogens with two attached hydrogens (primary N) is 1. The van der Waals surface area contributed by atoms with Crippen molar-refractivity contribution in [2.75, 3.05) is 5.75 Å². The molecular formula is C10H9ClN4OS. The van der Waals surface area contributed by atoms with Crippen LogP contribution in [0, 0.1) is 0 Å². The number of aromatic amines is 1. The first-order chi connectivity index (χ1) is 8.15. The minimum atomic E-state index is -0.396. The van der Waals surface area contributed by atoms with Gasteiger partial charge in [-0.1, -0.05) is 23.4 Å². The monoisotopic (exact) mass is 268 g/mol. The number of nitrogens with zero attached hydrogens (tertiary/aromatic N) is 2. The van der Waals surface area contributed by atoms with Crippen molar-refractivity contribution < 1.29 is 4.79 Å². The third-order valence-corrected chi connectivity index (χ3v) is 3.05. The van der Waals surface area contributed by atoms with E-state index in [1.807, 2.05) is 12.1 Å². The molecule has 0 bridgehead atoms. The van der Waals surface area contributed by atoms with Gasteiger partial charge in [-0.3, -0.25) is 9.89 Å². The predicted octanol–water partition coefficient (Wildman–Crippen LogP) is 1.70. The molecule has 5 nitrogen and oxygen atoms in total. The number of rotatable bonds is 4. The maximum atomic E-state index is 10.6.